The Balaban J connectivity index is 0.000000202. The van der Waals surface area contributed by atoms with Gasteiger partial charge in [-0.2, -0.15) is 8.42 Å². The maximum Gasteiger partial charge on any atom is 0.404 e. The molecule has 97 heavy (non-hydrogen) atoms. The summed E-state index contributed by atoms with van der Waals surface area (Å²) >= 11 is 18.6. The Kier molecular flexibility index (Phi) is 23.3. The Morgan fingerprint density at radius 1 is 0.876 bits per heavy atom. The molecule has 512 valence electrons. The molecule has 5 amide bonds. The number of hydrogen-bond donors (Lipinski definition) is 9. The molecule has 0 bridgehead atoms. The van der Waals surface area contributed by atoms with Crippen molar-refractivity contribution in [3.63, 3.8) is 0 Å². The predicted molar refractivity (Wildman–Crippen MR) is 352 cm³/mol. The monoisotopic (exact) mass is 1430 g/mol. The van der Waals surface area contributed by atoms with Crippen LogP contribution in [0.1, 0.15) is 70.4 Å². The maximum atomic E-state index is 13.0. The number of ether oxygens (including phenoxy) is 5. The number of hydrogen-bond acceptors (Lipinski definition) is 21. The molecule has 3 aliphatic heterocycles. The Morgan fingerprint density at radius 2 is 1.53 bits per heavy atom. The number of carbonyl (C=O) groups is 6. The number of thioether (sulfide) groups is 1. The van der Waals surface area contributed by atoms with Gasteiger partial charge in [0.2, 0.25) is 18.1 Å². The third kappa shape index (κ3) is 17.2. The molecule has 2 saturated heterocycles. The lowest BCUT2D eigenvalue weighted by atomic mass is 9.89. The van der Waals surface area contributed by atoms with Crippen molar-refractivity contribution in [3.05, 3.63) is 198 Å². The first-order chi connectivity index (χ1) is 45.7. The molecule has 0 aliphatic carbocycles. The number of nitrogens with two attached hydrogens (primary N) is 2. The second-order valence-electron chi connectivity index (χ2n) is 22.6. The number of allylic oxidation sites excluding steroid dienone is 2. The summed E-state index contributed by atoms with van der Waals surface area (Å²) < 4.78 is 68.4. The van der Waals surface area contributed by atoms with Gasteiger partial charge in [0, 0.05) is 57.8 Å². The van der Waals surface area contributed by atoms with Crippen molar-refractivity contribution in [3.8, 4) is 34.5 Å². The average Bonchev–Trinajstić information content (AvgIpc) is 0.732. The number of phenolic OH excluding ortho intramolecular Hbond substituents is 2. The van der Waals surface area contributed by atoms with Crippen LogP contribution in [0, 0.1) is 6.92 Å². The molecule has 5 aromatic carbocycles. The zero-order valence-corrected chi connectivity index (χ0v) is 56.0. The van der Waals surface area contributed by atoms with Crippen molar-refractivity contribution < 1.29 is 99.9 Å². The normalized spacial score (nSPS) is 18.8. The number of carboxylic acids is 1. The molecule has 1 unspecified atom stereocenters. The minimum absolute atomic E-state index is 0.00871. The largest absolute Gasteiger partial charge is 0.543 e. The average molecular weight is 1430 g/mol. The number of benzene rings is 5. The predicted octanol–water partition coefficient (Wildman–Crippen LogP) is 6.88. The number of carbonyl (C=O) groups excluding carboxylic acids is 6. The van der Waals surface area contributed by atoms with Crippen LogP contribution < -0.4 is 46.9 Å². The number of aryl methyl sites for hydroxylation is 1. The molecule has 5 heterocycles. The molecular formula is C65H63Cl3N6O21S2. The van der Waals surface area contributed by atoms with Gasteiger partial charge in [0.15, 0.2) is 59.3 Å². The molecule has 0 radical (unpaired) electrons. The second-order valence-corrected chi connectivity index (χ2v) is 26.5. The molecule has 2 fully saturated rings. The number of fused-ring (bicyclic) bond motifs is 2. The number of primary amides is 2. The number of nitrogens with zero attached hydrogens (tertiary/aromatic N) is 2. The van der Waals surface area contributed by atoms with Gasteiger partial charge in [-0.15, -0.1) is 11.8 Å². The molecule has 0 spiro atoms. The Hall–Kier alpha value is -9.43. The smallest absolute Gasteiger partial charge is 0.404 e. The lowest BCUT2D eigenvalue weighted by molar-refractivity contribution is -0.689. The second kappa shape index (κ2) is 30.8. The van der Waals surface area contributed by atoms with E-state index in [9.17, 15) is 72.1 Å². The number of halogens is 3. The number of aromatic nitrogens is 1. The highest BCUT2D eigenvalue weighted by atomic mass is 35.5. The first-order valence-electron chi connectivity index (χ1n) is 28.9. The van der Waals surface area contributed by atoms with Crippen LogP contribution in [0.5, 0.6) is 34.5 Å². The molecule has 7 atom stereocenters. The third-order valence-corrected chi connectivity index (χ3v) is 18.3. The lowest BCUT2D eigenvalue weighted by Crippen LogP contribution is -2.71. The molecule has 2 aromatic heterocycles. The van der Waals surface area contributed by atoms with Gasteiger partial charge in [-0.3, -0.25) is 28.6 Å². The van der Waals surface area contributed by atoms with E-state index in [-0.39, 0.29) is 74.2 Å². The summed E-state index contributed by atoms with van der Waals surface area (Å²) in [6.45, 7) is 8.77. The van der Waals surface area contributed by atoms with Crippen LogP contribution >= 0.6 is 46.6 Å². The standard InChI is InChI=1S/C31H36N2O11.C22H20N4O8S2.C12H7Cl3O2/c1-14(2)7-8-16-13-17(9-11-19(16)34)27(37)33-21-22(35)18-10-12-20(15(3)24(18)42-28(21)38)41-29-23(36)25(43-30(32)39)26(40-6)31(4,5)44-29;23-18(27)13-6-8-25(9-7-13)10-14-11-35-21-15(20(29)26(21)16(14)22(30)31)24-19(28)17(36(32,33)34)12-4-2-1-3-5-12;13-7-1-3-11(9(15)5-7)17-12-4-2-8(14)6-10(12)16/h7,9-13,23,25-26,29,34-36H,8H2,1-6H3,(H2,32,39)(H,33,37);1-9,15,17,21H,10-11H2,(H4-,23,24,27,28,30,31,32,33,34);1-6,16H/t23-,25+,26-,29-;15-,17?,21-;/m11./s1. The van der Waals surface area contributed by atoms with Crippen LogP contribution in [0.2, 0.25) is 15.1 Å². The number of phenols is 2. The van der Waals surface area contributed by atoms with E-state index in [0.717, 1.165) is 10.5 Å². The van der Waals surface area contributed by atoms with E-state index in [2.05, 4.69) is 10.6 Å². The van der Waals surface area contributed by atoms with Gasteiger partial charge < -0.3 is 80.5 Å². The summed E-state index contributed by atoms with van der Waals surface area (Å²) in [6, 6.07) is 25.5. The van der Waals surface area contributed by atoms with Crippen LogP contribution in [-0.4, -0.2) is 128 Å². The van der Waals surface area contributed by atoms with E-state index in [4.69, 9.17) is 74.4 Å². The van der Waals surface area contributed by atoms with Gasteiger partial charge in [0.1, 0.15) is 40.4 Å². The van der Waals surface area contributed by atoms with Crippen LogP contribution in [0.4, 0.5) is 10.5 Å². The highest BCUT2D eigenvalue weighted by Gasteiger charge is 2.55. The van der Waals surface area contributed by atoms with Gasteiger partial charge in [-0.25, -0.2) is 14.2 Å². The van der Waals surface area contributed by atoms with Crippen molar-refractivity contribution in [2.45, 2.75) is 94.5 Å². The number of amides is 5. The van der Waals surface area contributed by atoms with Crippen molar-refractivity contribution in [1.29, 1.82) is 0 Å². The number of β-lactam (4-membered cyclic amide) rings is 1. The molecule has 0 saturated carbocycles. The Bertz CT molecular complexity index is 4410. The number of aromatic hydroxyl groups is 3. The number of aliphatic hydroxyl groups is 1. The van der Waals surface area contributed by atoms with Crippen LogP contribution in [0.25, 0.3) is 11.0 Å². The SMILES string of the molecule is CO[C@@H]1[C@@H](OC(N)=O)[C@@H](O)[C@H](Oc2ccc3c(O)c(NC(=O)c4ccc(O)c(CC=C(C)C)c4)c(=O)oc3c2C)OC1(C)C.NC(=O)c1cc[n+](CC2=C(C(=O)[O-])N3C(=O)[C@@H](NC(=O)C(c4ccccc4)S(=O)(=O)O)[C@H]3SC2)cc1.Oc1cc(Cl)ccc1Oc1ccc(Cl)cc1Cl. The quantitative estimate of drug-likeness (QED) is 0.0139. The number of aliphatic hydroxyl groups excluding tert-OH is 1. The molecule has 7 aromatic rings. The summed E-state index contributed by atoms with van der Waals surface area (Å²) in [6.07, 6.45) is -0.731. The van der Waals surface area contributed by atoms with Gasteiger partial charge in [0.25, 0.3) is 21.9 Å². The zero-order chi connectivity index (χ0) is 71.1. The molecule has 10 rings (SSSR count). The van der Waals surface area contributed by atoms with E-state index in [1.807, 2.05) is 19.9 Å². The molecule has 3 aliphatic rings. The number of carboxylic acid groups (broad SMARTS) is 1. The number of rotatable bonds is 18. The first kappa shape index (κ1) is 73.4. The molecule has 11 N–H and O–H groups in total. The van der Waals surface area contributed by atoms with Crippen LogP contribution in [0.15, 0.2) is 154 Å². The number of anilines is 1. The van der Waals surface area contributed by atoms with E-state index < -0.39 is 110 Å². The summed E-state index contributed by atoms with van der Waals surface area (Å²) in [5, 5.41) is 57.0. The third-order valence-electron chi connectivity index (χ3n) is 15.1. The van der Waals surface area contributed by atoms with E-state index in [0.29, 0.717) is 38.4 Å². The summed E-state index contributed by atoms with van der Waals surface area (Å²) in [7, 11) is -3.49. The summed E-state index contributed by atoms with van der Waals surface area (Å²) in [4.78, 5) is 87.3. The Morgan fingerprint density at radius 3 is 2.12 bits per heavy atom. The van der Waals surface area contributed by atoms with E-state index in [1.54, 1.807) is 61.7 Å². The topological polar surface area (TPSA) is 420 Å². The molecule has 27 nitrogen and oxygen atoms in total. The van der Waals surface area contributed by atoms with Gasteiger partial charge in [-0.05, 0) is 113 Å². The van der Waals surface area contributed by atoms with Gasteiger partial charge in [-0.1, -0.05) is 76.8 Å². The highest BCUT2D eigenvalue weighted by molar-refractivity contribution is 8.00. The van der Waals surface area contributed by atoms with Crippen molar-refractivity contribution in [1.82, 2.24) is 10.2 Å². The lowest BCUT2D eigenvalue weighted by Gasteiger charge is -2.50. The number of methoxy groups -OCH3 is 1. The molecular weight excluding hydrogens is 1370 g/mol. The summed E-state index contributed by atoms with van der Waals surface area (Å²) in [5.41, 5.74) is 10.1. The number of aliphatic carboxylic acids is 1. The van der Waals surface area contributed by atoms with Gasteiger partial charge >= 0.3 is 11.7 Å². The minimum Gasteiger partial charge on any atom is -0.543 e. The maximum absolute atomic E-state index is 13.0. The van der Waals surface area contributed by atoms with E-state index >= 15 is 0 Å². The highest BCUT2D eigenvalue weighted by Crippen LogP contribution is 2.43. The number of pyridine rings is 1. The van der Waals surface area contributed by atoms with Crippen molar-refractivity contribution >= 4 is 109 Å². The van der Waals surface area contributed by atoms with Crippen LogP contribution in [-0.2, 0) is 51.7 Å². The minimum atomic E-state index is -4.86. The number of nitrogens with one attached hydrogen (secondary N) is 2. The fourth-order valence-electron chi connectivity index (χ4n) is 10.4. The first-order valence-corrected chi connectivity index (χ1v) is 32.5. The van der Waals surface area contributed by atoms with E-state index in [1.165, 1.54) is 104 Å². The zero-order valence-electron chi connectivity index (χ0n) is 52.1. The molecule has 32 heteroatoms. The van der Waals surface area contributed by atoms with Gasteiger partial charge in [0.05, 0.1) is 33.2 Å². The van der Waals surface area contributed by atoms with Crippen molar-refractivity contribution in [2.24, 2.45) is 11.5 Å². The fraction of sp³-hybridized carbons (Fsp3) is 0.262. The summed E-state index contributed by atoms with van der Waals surface area (Å²) in [5.74, 6) is -4.34. The fourth-order valence-corrected chi connectivity index (χ4v) is 13.2. The van der Waals surface area contributed by atoms with Crippen molar-refractivity contribution in [2.75, 3.05) is 18.2 Å². The van der Waals surface area contributed by atoms with Crippen LogP contribution in [0.3, 0.4) is 0 Å². The Labute approximate surface area is 572 Å².